The highest BCUT2D eigenvalue weighted by atomic mass is 35.5. The molecule has 0 bridgehead atoms. The van der Waals surface area contributed by atoms with Gasteiger partial charge >= 0.3 is 5.91 Å². The molecule has 1 N–H and O–H groups in total. The number of anilines is 1. The van der Waals surface area contributed by atoms with Crippen molar-refractivity contribution >= 4 is 55.7 Å². The van der Waals surface area contributed by atoms with Gasteiger partial charge in [-0.05, 0) is 61.9 Å². The van der Waals surface area contributed by atoms with Crippen LogP contribution in [0.25, 0.3) is 16.0 Å². The minimum absolute atomic E-state index is 0.0721. The van der Waals surface area contributed by atoms with Crippen LogP contribution in [0.15, 0.2) is 66.2 Å². The molecule has 39 heavy (non-hydrogen) atoms. The number of benzene rings is 3. The third kappa shape index (κ3) is 4.91. The van der Waals surface area contributed by atoms with E-state index < -0.39 is 17.7 Å². The zero-order chi connectivity index (χ0) is 27.7. The Morgan fingerprint density at radius 3 is 2.56 bits per heavy atom. The maximum Gasteiger partial charge on any atom is 0.301 e. The van der Waals surface area contributed by atoms with Crippen LogP contribution in [0.3, 0.4) is 0 Å². The van der Waals surface area contributed by atoms with E-state index in [1.165, 1.54) is 23.3 Å². The summed E-state index contributed by atoms with van der Waals surface area (Å²) in [5.74, 6) is -0.489. The van der Waals surface area contributed by atoms with Gasteiger partial charge in [0.15, 0.2) is 16.6 Å². The van der Waals surface area contributed by atoms with Gasteiger partial charge < -0.3 is 19.3 Å². The van der Waals surface area contributed by atoms with Crippen molar-refractivity contribution in [3.63, 3.8) is 0 Å². The molecule has 1 aromatic heterocycles. The summed E-state index contributed by atoms with van der Waals surface area (Å²) in [4.78, 5) is 33.1. The zero-order valence-corrected chi connectivity index (χ0v) is 23.0. The zero-order valence-electron chi connectivity index (χ0n) is 21.4. The Hall–Kier alpha value is -4.08. The molecule has 4 aromatic rings. The van der Waals surface area contributed by atoms with E-state index in [0.717, 1.165) is 4.70 Å². The molecule has 5 rings (SSSR count). The van der Waals surface area contributed by atoms with Gasteiger partial charge in [0.1, 0.15) is 11.5 Å². The summed E-state index contributed by atoms with van der Waals surface area (Å²) in [6.45, 7) is 4.57. The van der Waals surface area contributed by atoms with Crippen LogP contribution < -0.4 is 19.1 Å². The number of fused-ring (bicyclic) bond motifs is 1. The van der Waals surface area contributed by atoms with Crippen molar-refractivity contribution in [1.29, 1.82) is 0 Å². The van der Waals surface area contributed by atoms with Crippen LogP contribution in [0.5, 0.6) is 17.2 Å². The first kappa shape index (κ1) is 26.5. The fraction of sp³-hybridized carbons (Fsp3) is 0.207. The maximum atomic E-state index is 13.6. The van der Waals surface area contributed by atoms with Gasteiger partial charge in [-0.2, -0.15) is 0 Å². The standard InChI is InChI=1S/C29H25ClN2O6S/c1-4-37-19-8-6-7-17(13-19)26(33)24-25(16-9-12-21(38-5-2)22(14-16)36-3)32(28(35)27(24)34)29-31-20-11-10-18(30)15-23(20)39-29/h6-15,25,33H,4-5H2,1-3H3. The molecule has 2 heterocycles. The van der Waals surface area contributed by atoms with E-state index in [1.54, 1.807) is 60.7 Å². The average molecular weight is 565 g/mol. The number of rotatable bonds is 8. The first-order valence-electron chi connectivity index (χ1n) is 12.3. The molecule has 1 fully saturated rings. The van der Waals surface area contributed by atoms with Gasteiger partial charge in [-0.1, -0.05) is 41.1 Å². The van der Waals surface area contributed by atoms with Crippen LogP contribution in [0.2, 0.25) is 5.02 Å². The Kier molecular flexibility index (Phi) is 7.45. The highest BCUT2D eigenvalue weighted by Gasteiger charge is 2.48. The lowest BCUT2D eigenvalue weighted by Crippen LogP contribution is -2.29. The monoisotopic (exact) mass is 564 g/mol. The first-order chi connectivity index (χ1) is 18.9. The molecular formula is C29H25ClN2O6S. The van der Waals surface area contributed by atoms with Gasteiger partial charge in [0.2, 0.25) is 0 Å². The molecule has 1 aliphatic rings. The summed E-state index contributed by atoms with van der Waals surface area (Å²) >= 11 is 7.40. The van der Waals surface area contributed by atoms with Gasteiger partial charge in [-0.3, -0.25) is 14.5 Å². The summed E-state index contributed by atoms with van der Waals surface area (Å²) in [5, 5.41) is 12.3. The molecular weight excluding hydrogens is 540 g/mol. The lowest BCUT2D eigenvalue weighted by Gasteiger charge is -2.24. The number of thiazole rings is 1. The number of amides is 1. The van der Waals surface area contributed by atoms with Crippen LogP contribution in [0.4, 0.5) is 5.13 Å². The van der Waals surface area contributed by atoms with Crippen molar-refractivity contribution in [2.45, 2.75) is 19.9 Å². The van der Waals surface area contributed by atoms with Crippen LogP contribution >= 0.6 is 22.9 Å². The fourth-order valence-corrected chi connectivity index (χ4v) is 5.79. The second-order valence-corrected chi connectivity index (χ2v) is 10.0. The maximum absolute atomic E-state index is 13.6. The van der Waals surface area contributed by atoms with E-state index in [-0.39, 0.29) is 11.3 Å². The molecule has 3 aromatic carbocycles. The normalized spacial score (nSPS) is 16.6. The van der Waals surface area contributed by atoms with Gasteiger partial charge in [-0.15, -0.1) is 0 Å². The highest BCUT2D eigenvalue weighted by molar-refractivity contribution is 7.22. The number of aliphatic hydroxyl groups excluding tert-OH is 1. The molecule has 0 saturated carbocycles. The molecule has 1 saturated heterocycles. The Labute approximate surface area is 234 Å². The average Bonchev–Trinajstić information content (AvgIpc) is 3.46. The Balaban J connectivity index is 1.72. The van der Waals surface area contributed by atoms with Crippen molar-refractivity contribution in [3.05, 3.63) is 82.4 Å². The number of carbonyl (C=O) groups excluding carboxylic acids is 2. The number of aromatic nitrogens is 1. The molecule has 200 valence electrons. The molecule has 0 radical (unpaired) electrons. The molecule has 0 spiro atoms. The quantitative estimate of drug-likeness (QED) is 0.150. The molecule has 0 aliphatic carbocycles. The second-order valence-electron chi connectivity index (χ2n) is 8.58. The smallest absolute Gasteiger partial charge is 0.301 e. The Morgan fingerprint density at radius 2 is 1.82 bits per heavy atom. The van der Waals surface area contributed by atoms with E-state index in [2.05, 4.69) is 4.98 Å². The predicted octanol–water partition coefficient (Wildman–Crippen LogP) is 6.38. The van der Waals surface area contributed by atoms with Crippen molar-refractivity contribution in [2.75, 3.05) is 25.2 Å². The van der Waals surface area contributed by atoms with Crippen LogP contribution in [-0.2, 0) is 9.59 Å². The molecule has 8 nitrogen and oxygen atoms in total. The number of carbonyl (C=O) groups is 2. The lowest BCUT2D eigenvalue weighted by atomic mass is 9.95. The van der Waals surface area contributed by atoms with Crippen molar-refractivity contribution in [1.82, 2.24) is 4.98 Å². The molecule has 1 atom stereocenters. The van der Waals surface area contributed by atoms with Crippen LogP contribution in [0, 0.1) is 0 Å². The topological polar surface area (TPSA) is 98.2 Å². The van der Waals surface area contributed by atoms with Crippen molar-refractivity contribution < 1.29 is 28.9 Å². The third-order valence-corrected chi connectivity index (χ3v) is 7.46. The molecule has 1 unspecified atom stereocenters. The number of nitrogens with zero attached hydrogens (tertiary/aromatic N) is 2. The molecule has 1 amide bonds. The summed E-state index contributed by atoms with van der Waals surface area (Å²) in [7, 11) is 1.51. The number of hydrogen-bond donors (Lipinski definition) is 1. The second kappa shape index (κ2) is 11.0. The number of methoxy groups -OCH3 is 1. The SMILES string of the molecule is CCOc1cccc(C(O)=C2C(=O)C(=O)N(c3nc4ccc(Cl)cc4s3)C2c2ccc(OCC)c(OC)c2)c1. The number of ether oxygens (including phenoxy) is 3. The van der Waals surface area contributed by atoms with Crippen molar-refractivity contribution in [2.24, 2.45) is 0 Å². The molecule has 1 aliphatic heterocycles. The summed E-state index contributed by atoms with van der Waals surface area (Å²) in [6, 6.07) is 16.1. The van der Waals surface area contributed by atoms with Crippen LogP contribution in [0.1, 0.15) is 31.0 Å². The minimum atomic E-state index is -0.985. The highest BCUT2D eigenvalue weighted by Crippen LogP contribution is 2.46. The van der Waals surface area contributed by atoms with E-state index in [1.807, 2.05) is 13.8 Å². The predicted molar refractivity (Wildman–Crippen MR) is 151 cm³/mol. The lowest BCUT2D eigenvalue weighted by molar-refractivity contribution is -0.132. The van der Waals surface area contributed by atoms with E-state index in [9.17, 15) is 14.7 Å². The van der Waals surface area contributed by atoms with Gasteiger partial charge in [0, 0.05) is 10.6 Å². The summed E-state index contributed by atoms with van der Waals surface area (Å²) in [5.41, 5.74) is 1.44. The van der Waals surface area contributed by atoms with Gasteiger partial charge in [-0.25, -0.2) is 4.98 Å². The van der Waals surface area contributed by atoms with Gasteiger partial charge in [0.05, 0.1) is 42.2 Å². The summed E-state index contributed by atoms with van der Waals surface area (Å²) < 4.78 is 17.5. The van der Waals surface area contributed by atoms with Crippen molar-refractivity contribution in [3.8, 4) is 17.2 Å². The Morgan fingerprint density at radius 1 is 1.03 bits per heavy atom. The first-order valence-corrected chi connectivity index (χ1v) is 13.5. The minimum Gasteiger partial charge on any atom is -0.507 e. The van der Waals surface area contributed by atoms with E-state index in [4.69, 9.17) is 25.8 Å². The third-order valence-electron chi connectivity index (χ3n) is 6.21. The Bertz CT molecular complexity index is 1610. The number of hydrogen-bond acceptors (Lipinski definition) is 8. The number of ketones is 1. The number of aliphatic hydroxyl groups is 1. The molecule has 10 heteroatoms. The summed E-state index contributed by atoms with van der Waals surface area (Å²) in [6.07, 6.45) is 0. The van der Waals surface area contributed by atoms with E-state index in [0.29, 0.717) is 57.3 Å². The van der Waals surface area contributed by atoms with E-state index >= 15 is 0 Å². The number of Topliss-reactive ketones (excluding diaryl/α,β-unsaturated/α-hetero) is 1. The number of halogens is 1. The fourth-order valence-electron chi connectivity index (χ4n) is 4.52. The van der Waals surface area contributed by atoms with Gasteiger partial charge in [0.25, 0.3) is 5.78 Å². The van der Waals surface area contributed by atoms with Crippen LogP contribution in [-0.4, -0.2) is 42.1 Å². The largest absolute Gasteiger partial charge is 0.507 e.